The number of nitrogens with one attached hydrogen (secondary N) is 1. The van der Waals surface area contributed by atoms with Crippen molar-refractivity contribution in [3.05, 3.63) is 28.4 Å². The maximum atomic E-state index is 6.02. The highest BCUT2D eigenvalue weighted by atomic mass is 35.5. The molecule has 2 rings (SSSR count). The summed E-state index contributed by atoms with van der Waals surface area (Å²) in [6.45, 7) is 0. The second-order valence-corrected chi connectivity index (χ2v) is 4.17. The lowest BCUT2D eigenvalue weighted by atomic mass is 10.3. The highest BCUT2D eigenvalue weighted by Crippen LogP contribution is 2.31. The third-order valence-corrected chi connectivity index (χ3v) is 3.10. The van der Waals surface area contributed by atoms with Crippen molar-refractivity contribution in [1.82, 2.24) is 8.75 Å². The van der Waals surface area contributed by atoms with Crippen LogP contribution in [0.2, 0.25) is 10.2 Å². The summed E-state index contributed by atoms with van der Waals surface area (Å²) in [5.41, 5.74) is 0.676. The molecule has 0 fully saturated rings. The summed E-state index contributed by atoms with van der Waals surface area (Å²) in [7, 11) is 1.59. The molecule has 0 aliphatic carbocycles. The van der Waals surface area contributed by atoms with Gasteiger partial charge in [-0.3, -0.25) is 0 Å². The molecular formula is C9H7Cl2N3OS. The highest BCUT2D eigenvalue weighted by Gasteiger charge is 2.08. The van der Waals surface area contributed by atoms with E-state index in [2.05, 4.69) is 14.1 Å². The van der Waals surface area contributed by atoms with Crippen LogP contribution < -0.4 is 10.1 Å². The third kappa shape index (κ3) is 2.37. The summed E-state index contributed by atoms with van der Waals surface area (Å²) in [4.78, 5) is 0. The van der Waals surface area contributed by atoms with E-state index in [1.54, 1.807) is 25.3 Å². The van der Waals surface area contributed by atoms with Gasteiger partial charge in [-0.05, 0) is 12.1 Å². The van der Waals surface area contributed by atoms with Gasteiger partial charge in [0.15, 0.2) is 11.0 Å². The normalized spacial score (nSPS) is 10.2. The van der Waals surface area contributed by atoms with E-state index in [1.165, 1.54) is 0 Å². The zero-order valence-electron chi connectivity index (χ0n) is 8.20. The molecule has 0 aliphatic rings. The van der Waals surface area contributed by atoms with E-state index in [4.69, 9.17) is 27.9 Å². The largest absolute Gasteiger partial charge is 0.497 e. The van der Waals surface area contributed by atoms with Crippen molar-refractivity contribution < 1.29 is 4.74 Å². The number of ether oxygens (including phenoxy) is 1. The number of nitrogens with zero attached hydrogens (tertiary/aromatic N) is 2. The number of methoxy groups -OCH3 is 1. The van der Waals surface area contributed by atoms with Crippen LogP contribution in [0.25, 0.3) is 0 Å². The predicted molar refractivity (Wildman–Crippen MR) is 66.2 cm³/mol. The molecule has 0 amide bonds. The summed E-state index contributed by atoms with van der Waals surface area (Å²) in [5.74, 6) is 1.19. The van der Waals surface area contributed by atoms with Crippen LogP contribution in [-0.2, 0) is 0 Å². The Labute approximate surface area is 106 Å². The Morgan fingerprint density at radius 3 is 2.75 bits per heavy atom. The van der Waals surface area contributed by atoms with Crippen LogP contribution in [0.4, 0.5) is 11.5 Å². The van der Waals surface area contributed by atoms with Crippen LogP contribution >= 0.6 is 34.9 Å². The second-order valence-electron chi connectivity index (χ2n) is 2.87. The molecule has 0 radical (unpaired) electrons. The predicted octanol–water partition coefficient (Wildman–Crippen LogP) is 3.60. The van der Waals surface area contributed by atoms with Crippen LogP contribution in [0, 0.1) is 0 Å². The first kappa shape index (κ1) is 11.4. The van der Waals surface area contributed by atoms with Crippen molar-refractivity contribution in [1.29, 1.82) is 0 Å². The van der Waals surface area contributed by atoms with Crippen molar-refractivity contribution >= 4 is 46.4 Å². The minimum absolute atomic E-state index is 0.323. The Bertz CT molecular complexity index is 503. The van der Waals surface area contributed by atoms with Crippen molar-refractivity contribution in [2.75, 3.05) is 12.4 Å². The molecule has 0 bridgehead atoms. The Hall–Kier alpha value is -1.04. The van der Waals surface area contributed by atoms with Crippen molar-refractivity contribution in [2.45, 2.75) is 0 Å². The first-order valence-corrected chi connectivity index (χ1v) is 5.78. The summed E-state index contributed by atoms with van der Waals surface area (Å²) in [6, 6.07) is 5.27. The first-order chi connectivity index (χ1) is 7.70. The van der Waals surface area contributed by atoms with E-state index in [0.29, 0.717) is 27.4 Å². The molecule has 1 heterocycles. The molecule has 0 atom stereocenters. The van der Waals surface area contributed by atoms with Gasteiger partial charge in [0.05, 0.1) is 29.5 Å². The molecule has 0 unspecified atom stereocenters. The summed E-state index contributed by atoms with van der Waals surface area (Å²) >= 11 is 12.9. The molecular weight excluding hydrogens is 269 g/mol. The lowest BCUT2D eigenvalue weighted by molar-refractivity contribution is 0.415. The number of rotatable bonds is 3. The number of anilines is 2. The van der Waals surface area contributed by atoms with Gasteiger partial charge in [0.25, 0.3) is 0 Å². The Balaban J connectivity index is 2.30. The van der Waals surface area contributed by atoms with Crippen molar-refractivity contribution in [2.24, 2.45) is 0 Å². The zero-order chi connectivity index (χ0) is 11.5. The Morgan fingerprint density at radius 1 is 1.31 bits per heavy atom. The fourth-order valence-electron chi connectivity index (χ4n) is 1.11. The molecule has 0 saturated heterocycles. The molecule has 0 saturated carbocycles. The van der Waals surface area contributed by atoms with E-state index in [0.717, 1.165) is 11.7 Å². The van der Waals surface area contributed by atoms with Crippen LogP contribution in [0.1, 0.15) is 0 Å². The molecule has 7 heteroatoms. The van der Waals surface area contributed by atoms with Crippen molar-refractivity contribution in [3.63, 3.8) is 0 Å². The van der Waals surface area contributed by atoms with Crippen molar-refractivity contribution in [3.8, 4) is 5.75 Å². The van der Waals surface area contributed by atoms with E-state index < -0.39 is 0 Å². The molecule has 1 aromatic carbocycles. The number of benzene rings is 1. The van der Waals surface area contributed by atoms with Crippen LogP contribution in [-0.4, -0.2) is 15.9 Å². The standard InChI is InChI=1S/C9H7Cl2N3OS/c1-15-5-2-3-6(10)7(4-5)12-9-8(11)13-16-14-9/h2-4H,1H3,(H,12,14). The van der Waals surface area contributed by atoms with E-state index in [9.17, 15) is 0 Å². The van der Waals surface area contributed by atoms with E-state index in [1.807, 2.05) is 0 Å². The Kier molecular flexibility index (Phi) is 3.48. The second kappa shape index (κ2) is 4.86. The van der Waals surface area contributed by atoms with Gasteiger partial charge in [-0.15, -0.1) is 0 Å². The fourth-order valence-corrected chi connectivity index (χ4v) is 1.92. The van der Waals surface area contributed by atoms with Gasteiger partial charge in [-0.1, -0.05) is 23.2 Å². The molecule has 84 valence electrons. The number of hydrogen-bond acceptors (Lipinski definition) is 5. The maximum absolute atomic E-state index is 6.02. The topological polar surface area (TPSA) is 47.0 Å². The van der Waals surface area contributed by atoms with E-state index >= 15 is 0 Å². The maximum Gasteiger partial charge on any atom is 0.187 e. The fraction of sp³-hybridized carbons (Fsp3) is 0.111. The number of halogens is 2. The van der Waals surface area contributed by atoms with Crippen LogP contribution in [0.15, 0.2) is 18.2 Å². The molecule has 2 aromatic rings. The molecule has 1 aromatic heterocycles. The first-order valence-electron chi connectivity index (χ1n) is 4.29. The van der Waals surface area contributed by atoms with Gasteiger partial charge in [0, 0.05) is 6.07 Å². The molecule has 4 nitrogen and oxygen atoms in total. The quantitative estimate of drug-likeness (QED) is 0.930. The van der Waals surface area contributed by atoms with E-state index in [-0.39, 0.29) is 0 Å². The lowest BCUT2D eigenvalue weighted by Crippen LogP contribution is -1.93. The highest BCUT2D eigenvalue weighted by molar-refractivity contribution is 6.99. The molecule has 0 aliphatic heterocycles. The molecule has 1 N–H and O–H groups in total. The monoisotopic (exact) mass is 275 g/mol. The minimum Gasteiger partial charge on any atom is -0.497 e. The van der Waals surface area contributed by atoms with Gasteiger partial charge in [0.2, 0.25) is 0 Å². The minimum atomic E-state index is 0.323. The van der Waals surface area contributed by atoms with Gasteiger partial charge < -0.3 is 10.1 Å². The average Bonchev–Trinajstić information content (AvgIpc) is 2.68. The average molecular weight is 276 g/mol. The number of aromatic nitrogens is 2. The zero-order valence-corrected chi connectivity index (χ0v) is 10.5. The van der Waals surface area contributed by atoms with Crippen LogP contribution in [0.3, 0.4) is 0 Å². The summed E-state index contributed by atoms with van der Waals surface area (Å²) in [6.07, 6.45) is 0. The lowest BCUT2D eigenvalue weighted by Gasteiger charge is -2.07. The molecule has 0 spiro atoms. The van der Waals surface area contributed by atoms with Gasteiger partial charge in [0.1, 0.15) is 5.75 Å². The van der Waals surface area contributed by atoms with Gasteiger partial charge in [-0.25, -0.2) is 0 Å². The summed E-state index contributed by atoms with van der Waals surface area (Å²) in [5, 5.41) is 3.87. The van der Waals surface area contributed by atoms with Gasteiger partial charge >= 0.3 is 0 Å². The number of hydrogen-bond donors (Lipinski definition) is 1. The smallest absolute Gasteiger partial charge is 0.187 e. The third-order valence-electron chi connectivity index (χ3n) is 1.88. The molecule has 16 heavy (non-hydrogen) atoms. The summed E-state index contributed by atoms with van der Waals surface area (Å²) < 4.78 is 12.9. The van der Waals surface area contributed by atoms with Gasteiger partial charge in [-0.2, -0.15) is 8.75 Å². The van der Waals surface area contributed by atoms with Crippen LogP contribution in [0.5, 0.6) is 5.75 Å². The SMILES string of the molecule is COc1ccc(Cl)c(Nc2nsnc2Cl)c1. The Morgan fingerprint density at radius 2 is 2.12 bits per heavy atom.